The first-order valence-electron chi connectivity index (χ1n) is 8.17. The molecule has 2 heterocycles. The van der Waals surface area contributed by atoms with Gasteiger partial charge in [-0.15, -0.1) is 0 Å². The molecule has 8 heteroatoms. The van der Waals surface area contributed by atoms with Gasteiger partial charge in [-0.2, -0.15) is 5.26 Å². The predicted octanol–water partition coefficient (Wildman–Crippen LogP) is 4.23. The molecular weight excluding hydrogens is 399 g/mol. The van der Waals surface area contributed by atoms with Crippen LogP contribution >= 0.6 is 23.2 Å². The monoisotopic (exact) mass is 412 g/mol. The third-order valence-corrected chi connectivity index (χ3v) is 4.89. The lowest BCUT2D eigenvalue weighted by Gasteiger charge is -2.14. The molecule has 0 aliphatic rings. The van der Waals surface area contributed by atoms with Gasteiger partial charge in [-0.25, -0.2) is 0 Å². The molecule has 0 amide bonds. The average molecular weight is 413 g/mol. The first kappa shape index (κ1) is 19.6. The summed E-state index contributed by atoms with van der Waals surface area (Å²) in [5, 5.41) is 20.9. The van der Waals surface area contributed by atoms with Crippen LogP contribution in [0.2, 0.25) is 10.0 Å². The highest BCUT2D eigenvalue weighted by atomic mass is 35.5. The van der Waals surface area contributed by atoms with E-state index in [4.69, 9.17) is 23.2 Å². The second kappa shape index (κ2) is 8.26. The Balaban J connectivity index is 2.11. The van der Waals surface area contributed by atoms with Crippen LogP contribution in [-0.4, -0.2) is 20.9 Å². The third kappa shape index (κ3) is 3.91. The molecule has 2 aromatic heterocycles. The van der Waals surface area contributed by atoms with Gasteiger partial charge in [0, 0.05) is 18.6 Å². The second-order valence-corrected chi connectivity index (χ2v) is 6.77. The van der Waals surface area contributed by atoms with Crippen molar-refractivity contribution in [2.24, 2.45) is 4.99 Å². The van der Waals surface area contributed by atoms with Crippen LogP contribution < -0.4 is 5.56 Å². The number of hydrogen-bond acceptors (Lipinski definition) is 5. The Morgan fingerprint density at radius 2 is 2.11 bits per heavy atom. The van der Waals surface area contributed by atoms with Crippen molar-refractivity contribution < 1.29 is 5.11 Å². The maximum atomic E-state index is 12.6. The maximum absolute atomic E-state index is 12.6. The Kier molecular flexibility index (Phi) is 5.78. The number of aromatic nitrogens is 2. The average Bonchev–Trinajstić information content (AvgIpc) is 2.69. The van der Waals surface area contributed by atoms with Gasteiger partial charge in [-0.1, -0.05) is 29.3 Å². The number of aliphatic imine (C=N–C) groups is 1. The summed E-state index contributed by atoms with van der Waals surface area (Å²) in [7, 11) is 0. The van der Waals surface area contributed by atoms with E-state index >= 15 is 0 Å². The zero-order valence-electron chi connectivity index (χ0n) is 14.7. The van der Waals surface area contributed by atoms with Crippen LogP contribution in [-0.2, 0) is 6.54 Å². The van der Waals surface area contributed by atoms with Crippen molar-refractivity contribution in [3.63, 3.8) is 0 Å². The van der Waals surface area contributed by atoms with Gasteiger partial charge in [-0.05, 0) is 42.3 Å². The highest BCUT2D eigenvalue weighted by molar-refractivity contribution is 6.42. The predicted molar refractivity (Wildman–Crippen MR) is 109 cm³/mol. The van der Waals surface area contributed by atoms with Gasteiger partial charge in [0.1, 0.15) is 11.6 Å². The van der Waals surface area contributed by atoms with E-state index in [1.807, 2.05) is 6.07 Å². The van der Waals surface area contributed by atoms with E-state index in [0.29, 0.717) is 26.9 Å². The Hall–Kier alpha value is -3.14. The topological polar surface area (TPSA) is 91.3 Å². The lowest BCUT2D eigenvalue weighted by Crippen LogP contribution is -2.26. The molecule has 1 N–H and O–H groups in total. The Morgan fingerprint density at radius 3 is 2.75 bits per heavy atom. The molecule has 140 valence electrons. The van der Waals surface area contributed by atoms with Crippen molar-refractivity contribution in [1.82, 2.24) is 9.55 Å². The zero-order chi connectivity index (χ0) is 20.3. The number of rotatable bonds is 4. The van der Waals surface area contributed by atoms with Gasteiger partial charge >= 0.3 is 0 Å². The summed E-state index contributed by atoms with van der Waals surface area (Å²) < 4.78 is 1.12. The van der Waals surface area contributed by atoms with Gasteiger partial charge < -0.3 is 5.11 Å². The molecule has 0 unspecified atom stereocenters. The quantitative estimate of drug-likeness (QED) is 0.648. The molecule has 6 nitrogen and oxygen atoms in total. The van der Waals surface area contributed by atoms with Crippen LogP contribution in [0.25, 0.3) is 0 Å². The fourth-order valence-electron chi connectivity index (χ4n) is 2.65. The lowest BCUT2D eigenvalue weighted by molar-refractivity contribution is 0.413. The molecule has 0 fully saturated rings. The van der Waals surface area contributed by atoms with Crippen LogP contribution in [0, 0.1) is 18.3 Å². The minimum atomic E-state index is -0.576. The van der Waals surface area contributed by atoms with Crippen molar-refractivity contribution in [3.8, 4) is 11.9 Å². The Bertz CT molecular complexity index is 1170. The molecule has 28 heavy (non-hydrogen) atoms. The summed E-state index contributed by atoms with van der Waals surface area (Å²) in [5.41, 5.74) is 1.20. The van der Waals surface area contributed by atoms with Crippen molar-refractivity contribution in [2.45, 2.75) is 13.5 Å². The molecular formula is C20H14Cl2N4O2. The molecule has 0 saturated heterocycles. The van der Waals surface area contributed by atoms with Gasteiger partial charge in [0.15, 0.2) is 0 Å². The van der Waals surface area contributed by atoms with E-state index in [-0.39, 0.29) is 23.6 Å². The smallest absolute Gasteiger partial charge is 0.271 e. The van der Waals surface area contributed by atoms with E-state index in [0.717, 1.165) is 4.57 Å². The summed E-state index contributed by atoms with van der Waals surface area (Å²) in [6.45, 7) is 1.66. The van der Waals surface area contributed by atoms with E-state index in [1.165, 1.54) is 6.21 Å². The summed E-state index contributed by atoms with van der Waals surface area (Å²) in [6, 6.07) is 10.2. The number of nitriles is 1. The number of aromatic hydroxyl groups is 1. The van der Waals surface area contributed by atoms with E-state index in [9.17, 15) is 15.2 Å². The van der Waals surface area contributed by atoms with E-state index in [1.54, 1.807) is 49.6 Å². The van der Waals surface area contributed by atoms with Crippen molar-refractivity contribution >= 4 is 35.1 Å². The number of hydrogen-bond donors (Lipinski definition) is 1. The molecule has 0 saturated carbocycles. The number of pyridine rings is 2. The first-order valence-corrected chi connectivity index (χ1v) is 8.92. The molecule has 0 bridgehead atoms. The van der Waals surface area contributed by atoms with Crippen LogP contribution in [0.15, 0.2) is 52.5 Å². The lowest BCUT2D eigenvalue weighted by atomic mass is 10.1. The van der Waals surface area contributed by atoms with Gasteiger partial charge in [0.25, 0.3) is 5.56 Å². The van der Waals surface area contributed by atoms with Gasteiger partial charge in [-0.3, -0.25) is 19.3 Å². The fourth-order valence-corrected chi connectivity index (χ4v) is 2.94. The minimum Gasteiger partial charge on any atom is -0.494 e. The van der Waals surface area contributed by atoms with Crippen LogP contribution in [0.1, 0.15) is 22.3 Å². The standard InChI is InChI=1S/C20H14Cl2N4O2/c1-12-15(8-23)19(27)26(11-13-3-2-6-24-9-13)20(28)16(12)10-25-14-4-5-17(21)18(22)7-14/h2-7,9-10,28H,11H2,1H3. The molecule has 0 radical (unpaired) electrons. The SMILES string of the molecule is Cc1c(C=Nc2ccc(Cl)c(Cl)c2)c(O)n(Cc2cccnc2)c(=O)c1C#N. The molecule has 0 aliphatic carbocycles. The number of halogens is 2. The van der Waals surface area contributed by atoms with Crippen LogP contribution in [0.4, 0.5) is 5.69 Å². The highest BCUT2D eigenvalue weighted by Gasteiger charge is 2.18. The van der Waals surface area contributed by atoms with Gasteiger partial charge in [0.2, 0.25) is 5.88 Å². The van der Waals surface area contributed by atoms with Crippen molar-refractivity contribution in [3.05, 3.63) is 85.4 Å². The summed E-state index contributed by atoms with van der Waals surface area (Å²) >= 11 is 11.9. The van der Waals surface area contributed by atoms with Crippen LogP contribution in [0.3, 0.4) is 0 Å². The van der Waals surface area contributed by atoms with Crippen molar-refractivity contribution in [2.75, 3.05) is 0 Å². The van der Waals surface area contributed by atoms with Crippen molar-refractivity contribution in [1.29, 1.82) is 5.26 Å². The summed E-state index contributed by atoms with van der Waals surface area (Å²) in [6.07, 6.45) is 4.59. The largest absolute Gasteiger partial charge is 0.494 e. The summed E-state index contributed by atoms with van der Waals surface area (Å²) in [5.74, 6) is -0.283. The van der Waals surface area contributed by atoms with Gasteiger partial charge in [0.05, 0.1) is 27.8 Å². The fraction of sp³-hybridized carbons (Fsp3) is 0.100. The molecule has 3 rings (SSSR count). The minimum absolute atomic E-state index is 0.0581. The first-order chi connectivity index (χ1) is 13.4. The Labute approximate surface area is 171 Å². The molecule has 3 aromatic rings. The molecule has 0 atom stereocenters. The zero-order valence-corrected chi connectivity index (χ0v) is 16.2. The van der Waals surface area contributed by atoms with E-state index < -0.39 is 5.56 Å². The normalized spacial score (nSPS) is 10.9. The second-order valence-electron chi connectivity index (χ2n) is 5.96. The Morgan fingerprint density at radius 1 is 1.32 bits per heavy atom. The number of nitrogens with zero attached hydrogens (tertiary/aromatic N) is 4. The van der Waals surface area contributed by atoms with E-state index in [2.05, 4.69) is 9.98 Å². The third-order valence-electron chi connectivity index (χ3n) is 4.16. The molecule has 0 aliphatic heterocycles. The summed E-state index contributed by atoms with van der Waals surface area (Å²) in [4.78, 5) is 20.9. The molecule has 0 spiro atoms. The highest BCUT2D eigenvalue weighted by Crippen LogP contribution is 2.27. The van der Waals surface area contributed by atoms with Crippen LogP contribution in [0.5, 0.6) is 5.88 Å². The molecule has 1 aromatic carbocycles. The maximum Gasteiger partial charge on any atom is 0.271 e. The number of benzene rings is 1.